The fourth-order valence-electron chi connectivity index (χ4n) is 3.99. The minimum atomic E-state index is 0.0887. The lowest BCUT2D eigenvalue weighted by Crippen LogP contribution is -2.38. The van der Waals surface area contributed by atoms with Crippen LogP contribution in [0.25, 0.3) is 0 Å². The normalized spacial score (nSPS) is 23.4. The summed E-state index contributed by atoms with van der Waals surface area (Å²) in [5.74, 6) is 0.539. The first-order valence-electron chi connectivity index (χ1n) is 10.4. The van der Waals surface area contributed by atoms with Gasteiger partial charge in [-0.2, -0.15) is 0 Å². The van der Waals surface area contributed by atoms with Crippen LogP contribution < -0.4 is 10.6 Å². The second kappa shape index (κ2) is 11.4. The second-order valence-electron chi connectivity index (χ2n) is 8.15. The van der Waals surface area contributed by atoms with Crippen LogP contribution >= 0.6 is 0 Å². The lowest BCUT2D eigenvalue weighted by molar-refractivity contribution is -0.130. The molecule has 0 atom stereocenters. The van der Waals surface area contributed by atoms with Crippen LogP contribution in [0.1, 0.15) is 64.2 Å². The van der Waals surface area contributed by atoms with Crippen LogP contribution in [0, 0.1) is 11.8 Å². The van der Waals surface area contributed by atoms with Gasteiger partial charge in [0.05, 0.1) is 0 Å². The van der Waals surface area contributed by atoms with Gasteiger partial charge in [0.25, 0.3) is 0 Å². The van der Waals surface area contributed by atoms with Gasteiger partial charge in [0.15, 0.2) is 0 Å². The van der Waals surface area contributed by atoms with E-state index in [-0.39, 0.29) is 23.7 Å². The van der Waals surface area contributed by atoms with Gasteiger partial charge in [0.1, 0.15) is 0 Å². The highest BCUT2D eigenvalue weighted by molar-refractivity contribution is 5.81. The van der Waals surface area contributed by atoms with Gasteiger partial charge in [-0.1, -0.05) is 11.6 Å². The highest BCUT2D eigenvalue weighted by Gasteiger charge is 2.29. The van der Waals surface area contributed by atoms with Gasteiger partial charge in [-0.05, 0) is 84.8 Å². The van der Waals surface area contributed by atoms with Crippen molar-refractivity contribution in [3.8, 4) is 0 Å². The number of allylic oxidation sites excluding steroid dienone is 1. The van der Waals surface area contributed by atoms with Crippen molar-refractivity contribution in [2.45, 2.75) is 64.2 Å². The van der Waals surface area contributed by atoms with Crippen molar-refractivity contribution in [2.24, 2.45) is 11.8 Å². The molecular formula is C21H37N3O2. The van der Waals surface area contributed by atoms with Crippen molar-refractivity contribution in [3.63, 3.8) is 0 Å². The lowest BCUT2D eigenvalue weighted by atomic mass is 9.81. The fraction of sp³-hybridized carbons (Fsp3) is 0.810. The van der Waals surface area contributed by atoms with E-state index in [0.29, 0.717) is 0 Å². The van der Waals surface area contributed by atoms with E-state index in [2.05, 4.69) is 21.6 Å². The summed E-state index contributed by atoms with van der Waals surface area (Å²) in [5.41, 5.74) is 1.51. The molecular weight excluding hydrogens is 326 g/mol. The number of carbonyl (C=O) groups excluding carboxylic acids is 2. The van der Waals surface area contributed by atoms with Crippen LogP contribution in [-0.2, 0) is 9.59 Å². The van der Waals surface area contributed by atoms with Crippen LogP contribution in [-0.4, -0.2) is 50.4 Å². The molecule has 0 bridgehead atoms. The molecule has 0 aromatic rings. The average molecular weight is 364 g/mol. The first-order valence-corrected chi connectivity index (χ1v) is 10.4. The van der Waals surface area contributed by atoms with Gasteiger partial charge in [-0.25, -0.2) is 0 Å². The zero-order chi connectivity index (χ0) is 18.8. The summed E-state index contributed by atoms with van der Waals surface area (Å²) in [6, 6.07) is 0. The van der Waals surface area contributed by atoms with Crippen molar-refractivity contribution in [3.05, 3.63) is 11.6 Å². The third kappa shape index (κ3) is 7.48. The van der Waals surface area contributed by atoms with Crippen LogP contribution in [0.5, 0.6) is 0 Å². The van der Waals surface area contributed by atoms with Gasteiger partial charge >= 0.3 is 0 Å². The molecule has 0 aromatic heterocycles. The maximum Gasteiger partial charge on any atom is 0.223 e. The molecule has 0 aromatic carbocycles. The Morgan fingerprint density at radius 2 is 1.62 bits per heavy atom. The molecule has 0 spiro atoms. The highest BCUT2D eigenvalue weighted by atomic mass is 16.2. The molecule has 5 nitrogen and oxygen atoms in total. The molecule has 2 aliphatic carbocycles. The fourth-order valence-corrected chi connectivity index (χ4v) is 3.99. The summed E-state index contributed by atoms with van der Waals surface area (Å²) >= 11 is 0. The summed E-state index contributed by atoms with van der Waals surface area (Å²) in [6.45, 7) is 2.49. The van der Waals surface area contributed by atoms with Crippen LogP contribution in [0.3, 0.4) is 0 Å². The second-order valence-corrected chi connectivity index (χ2v) is 8.15. The van der Waals surface area contributed by atoms with Crippen molar-refractivity contribution in [1.82, 2.24) is 15.5 Å². The molecule has 2 amide bonds. The smallest absolute Gasteiger partial charge is 0.223 e. The number of amides is 2. The Kier molecular flexibility index (Phi) is 9.16. The molecule has 5 heteroatoms. The Balaban J connectivity index is 1.58. The van der Waals surface area contributed by atoms with E-state index in [9.17, 15) is 9.59 Å². The number of carbonyl (C=O) groups is 2. The maximum absolute atomic E-state index is 12.4. The first kappa shape index (κ1) is 20.9. The molecule has 0 aliphatic heterocycles. The van der Waals surface area contributed by atoms with Crippen LogP contribution in [0.4, 0.5) is 0 Å². The highest BCUT2D eigenvalue weighted by Crippen LogP contribution is 2.29. The summed E-state index contributed by atoms with van der Waals surface area (Å²) in [4.78, 5) is 26.7. The van der Waals surface area contributed by atoms with Crippen molar-refractivity contribution in [1.29, 1.82) is 0 Å². The van der Waals surface area contributed by atoms with E-state index in [0.717, 1.165) is 58.2 Å². The van der Waals surface area contributed by atoms with Crippen molar-refractivity contribution < 1.29 is 9.59 Å². The molecule has 2 N–H and O–H groups in total. The summed E-state index contributed by atoms with van der Waals surface area (Å²) in [7, 11) is 4.08. The molecule has 2 aliphatic rings. The summed E-state index contributed by atoms with van der Waals surface area (Å²) in [6.07, 6.45) is 12.7. The predicted octanol–water partition coefficient (Wildman–Crippen LogP) is 2.87. The SMILES string of the molecule is CN(C)CCCNC(=O)C1CCC(C(=O)NCCC2=CCCCC2)CC1. The summed E-state index contributed by atoms with van der Waals surface area (Å²) < 4.78 is 0. The Morgan fingerprint density at radius 1 is 1.00 bits per heavy atom. The predicted molar refractivity (Wildman–Crippen MR) is 106 cm³/mol. The molecule has 1 fully saturated rings. The quantitative estimate of drug-likeness (QED) is 0.489. The Hall–Kier alpha value is -1.36. The van der Waals surface area contributed by atoms with E-state index in [4.69, 9.17) is 0 Å². The minimum absolute atomic E-state index is 0.0887. The third-order valence-corrected chi connectivity index (χ3v) is 5.68. The van der Waals surface area contributed by atoms with E-state index < -0.39 is 0 Å². The van der Waals surface area contributed by atoms with Gasteiger partial charge in [-0.3, -0.25) is 9.59 Å². The van der Waals surface area contributed by atoms with E-state index in [1.807, 2.05) is 14.1 Å². The monoisotopic (exact) mass is 363 g/mol. The average Bonchev–Trinajstić information content (AvgIpc) is 2.66. The molecule has 0 unspecified atom stereocenters. The molecule has 2 rings (SSSR count). The van der Waals surface area contributed by atoms with Crippen molar-refractivity contribution in [2.75, 3.05) is 33.7 Å². The van der Waals surface area contributed by atoms with Crippen molar-refractivity contribution >= 4 is 11.8 Å². The van der Waals surface area contributed by atoms with Gasteiger partial charge in [0, 0.05) is 24.9 Å². The minimum Gasteiger partial charge on any atom is -0.356 e. The number of hydrogen-bond donors (Lipinski definition) is 2. The number of nitrogens with one attached hydrogen (secondary N) is 2. The zero-order valence-electron chi connectivity index (χ0n) is 16.7. The molecule has 1 saturated carbocycles. The number of hydrogen-bond acceptors (Lipinski definition) is 3. The molecule has 0 radical (unpaired) electrons. The molecule has 0 saturated heterocycles. The van der Waals surface area contributed by atoms with E-state index in [1.165, 1.54) is 31.3 Å². The van der Waals surface area contributed by atoms with Crippen LogP contribution in [0.2, 0.25) is 0 Å². The third-order valence-electron chi connectivity index (χ3n) is 5.68. The number of rotatable bonds is 9. The first-order chi connectivity index (χ1) is 12.6. The number of nitrogens with zero attached hydrogens (tertiary/aromatic N) is 1. The van der Waals surface area contributed by atoms with Gasteiger partial charge in [-0.15, -0.1) is 0 Å². The zero-order valence-corrected chi connectivity index (χ0v) is 16.7. The van der Waals surface area contributed by atoms with E-state index >= 15 is 0 Å². The van der Waals surface area contributed by atoms with E-state index in [1.54, 1.807) is 0 Å². The summed E-state index contributed by atoms with van der Waals surface area (Å²) in [5, 5.41) is 6.16. The molecule has 26 heavy (non-hydrogen) atoms. The Bertz CT molecular complexity index is 480. The molecule has 0 heterocycles. The molecule has 148 valence electrons. The Labute approximate surface area is 159 Å². The van der Waals surface area contributed by atoms with Gasteiger partial charge in [0.2, 0.25) is 11.8 Å². The Morgan fingerprint density at radius 3 is 2.15 bits per heavy atom. The lowest BCUT2D eigenvalue weighted by Gasteiger charge is -2.27. The standard InChI is InChI=1S/C21H37N3O2/c1-24(2)16-6-14-22-20(25)18-9-11-19(12-10-18)21(26)23-15-13-17-7-4-3-5-8-17/h7,18-19H,3-6,8-16H2,1-2H3,(H,22,25)(H,23,26). The van der Waals surface area contributed by atoms with Crippen LogP contribution in [0.15, 0.2) is 11.6 Å². The largest absolute Gasteiger partial charge is 0.356 e. The topological polar surface area (TPSA) is 61.4 Å². The maximum atomic E-state index is 12.4. The van der Waals surface area contributed by atoms with Gasteiger partial charge < -0.3 is 15.5 Å².